The van der Waals surface area contributed by atoms with Gasteiger partial charge in [-0.3, -0.25) is 4.79 Å². The molecule has 3 aromatic carbocycles. The Balaban J connectivity index is 1.13. The third-order valence-corrected chi connectivity index (χ3v) is 8.30. The zero-order chi connectivity index (χ0) is 28.8. The Hall–Kier alpha value is -5.02. The van der Waals surface area contributed by atoms with E-state index >= 15 is 0 Å². The fourth-order valence-corrected chi connectivity index (χ4v) is 5.74. The molecular weight excluding hydrogens is 528 g/mol. The smallest absolute Gasteiger partial charge is 0.322 e. The van der Waals surface area contributed by atoms with Crippen LogP contribution < -0.4 is 5.32 Å². The van der Waals surface area contributed by atoms with Crippen LogP contribution in [0.2, 0.25) is 0 Å². The van der Waals surface area contributed by atoms with Crippen molar-refractivity contribution in [2.45, 2.75) is 26.1 Å². The maximum absolute atomic E-state index is 13.2. The van der Waals surface area contributed by atoms with Gasteiger partial charge in [-0.2, -0.15) is 0 Å². The molecule has 3 amide bonds. The third kappa shape index (κ3) is 4.57. The summed E-state index contributed by atoms with van der Waals surface area (Å²) in [6.07, 6.45) is 1.67. The quantitative estimate of drug-likeness (QED) is 0.292. The maximum atomic E-state index is 13.2. The molecule has 0 unspecified atom stereocenters. The molecule has 2 aliphatic heterocycles. The van der Waals surface area contributed by atoms with Gasteiger partial charge in [0.05, 0.1) is 11.8 Å². The van der Waals surface area contributed by atoms with Crippen molar-refractivity contribution < 1.29 is 14.3 Å². The van der Waals surface area contributed by atoms with Gasteiger partial charge in [-0.25, -0.2) is 14.8 Å². The summed E-state index contributed by atoms with van der Waals surface area (Å²) < 4.78 is 5.28. The van der Waals surface area contributed by atoms with Crippen LogP contribution in [0.25, 0.3) is 33.5 Å². The molecule has 0 spiro atoms. The van der Waals surface area contributed by atoms with E-state index in [2.05, 4.69) is 32.4 Å². The highest BCUT2D eigenvalue weighted by atomic mass is 16.5. The van der Waals surface area contributed by atoms with E-state index in [9.17, 15) is 9.59 Å². The number of carbonyl (C=O) groups is 2. The molecule has 0 aliphatic carbocycles. The van der Waals surface area contributed by atoms with E-state index < -0.39 is 0 Å². The molecule has 2 aromatic heterocycles. The highest BCUT2D eigenvalue weighted by Crippen LogP contribution is 2.34. The van der Waals surface area contributed by atoms with E-state index in [0.717, 1.165) is 39.2 Å². The number of aromatic nitrogens is 3. The number of nitrogens with zero attached hydrogens (tertiary/aromatic N) is 4. The van der Waals surface area contributed by atoms with Crippen LogP contribution in [0.3, 0.4) is 0 Å². The summed E-state index contributed by atoms with van der Waals surface area (Å²) in [6.45, 7) is 4.44. The molecule has 0 bridgehead atoms. The molecule has 0 radical (unpaired) electrons. The molecule has 9 heteroatoms. The molecule has 5 aromatic rings. The second-order valence-corrected chi connectivity index (χ2v) is 10.8. The largest absolute Gasteiger partial charge is 0.378 e. The number of anilines is 1. The highest BCUT2D eigenvalue weighted by molar-refractivity contribution is 5.98. The highest BCUT2D eigenvalue weighted by Gasteiger charge is 2.31. The Kier molecular flexibility index (Phi) is 6.43. The monoisotopic (exact) mass is 558 g/mol. The summed E-state index contributed by atoms with van der Waals surface area (Å²) in [5.41, 5.74) is 8.92. The summed E-state index contributed by atoms with van der Waals surface area (Å²) in [5.74, 6) is 0.0105. The van der Waals surface area contributed by atoms with Crippen LogP contribution in [0.4, 0.5) is 10.5 Å². The number of H-pyrrole nitrogens is 1. The van der Waals surface area contributed by atoms with Crippen LogP contribution in [0, 0.1) is 6.92 Å². The van der Waals surface area contributed by atoms with Gasteiger partial charge in [0, 0.05) is 61.2 Å². The number of aromatic amines is 1. The number of hydrogen-bond acceptors (Lipinski definition) is 5. The standard InChI is InChI=1S/C33H30N6O3/c1-20-26(8-5-9-28(20)37-33(41)39-15-23-6-3-4-7-24(23)16-39)30-27-14-29(36-31(27)35-19-34-30)21-10-12-22(13-11-21)32(40)38-17-25(18-38)42-2/h3-14,19,25H,15-18H2,1-2H3,(H,37,41)(H,34,35,36). The summed E-state index contributed by atoms with van der Waals surface area (Å²) in [4.78, 5) is 42.0. The number of benzene rings is 3. The van der Waals surface area contributed by atoms with Gasteiger partial charge in [-0.15, -0.1) is 0 Å². The fraction of sp³-hybridized carbons (Fsp3) is 0.212. The number of nitrogens with one attached hydrogen (secondary N) is 2. The Labute approximate surface area is 243 Å². The summed E-state index contributed by atoms with van der Waals surface area (Å²) in [6, 6.07) is 23.5. The van der Waals surface area contributed by atoms with Crippen LogP contribution in [-0.4, -0.2) is 63.0 Å². The molecule has 210 valence electrons. The second kappa shape index (κ2) is 10.4. The zero-order valence-corrected chi connectivity index (χ0v) is 23.4. The number of amides is 3. The number of methoxy groups -OCH3 is 1. The van der Waals surface area contributed by atoms with Gasteiger partial charge in [-0.05, 0) is 53.4 Å². The summed E-state index contributed by atoms with van der Waals surface area (Å²) in [5, 5.41) is 3.99. The lowest BCUT2D eigenvalue weighted by Crippen LogP contribution is -2.54. The number of ether oxygens (including phenoxy) is 1. The first kappa shape index (κ1) is 25.9. The molecular formula is C33H30N6O3. The van der Waals surface area contributed by atoms with Gasteiger partial charge in [-0.1, -0.05) is 48.5 Å². The minimum absolute atomic E-state index is 0.0105. The van der Waals surface area contributed by atoms with E-state index in [4.69, 9.17) is 4.74 Å². The number of rotatable bonds is 5. The van der Waals surface area contributed by atoms with Gasteiger partial charge < -0.3 is 24.8 Å². The van der Waals surface area contributed by atoms with Gasteiger partial charge in [0.1, 0.15) is 12.0 Å². The van der Waals surface area contributed by atoms with Crippen LogP contribution >= 0.6 is 0 Å². The summed E-state index contributed by atoms with van der Waals surface area (Å²) >= 11 is 0. The molecule has 0 saturated carbocycles. The molecule has 9 nitrogen and oxygen atoms in total. The van der Waals surface area contributed by atoms with Gasteiger partial charge in [0.25, 0.3) is 5.91 Å². The molecule has 0 atom stereocenters. The molecule has 4 heterocycles. The lowest BCUT2D eigenvalue weighted by Gasteiger charge is -2.38. The van der Waals surface area contributed by atoms with Gasteiger partial charge in [0.15, 0.2) is 0 Å². The topological polar surface area (TPSA) is 103 Å². The van der Waals surface area contributed by atoms with Crippen LogP contribution in [0.5, 0.6) is 0 Å². The normalized spacial score (nSPS) is 14.6. The average Bonchev–Trinajstić information content (AvgIpc) is 3.63. The van der Waals surface area contributed by atoms with Crippen LogP contribution in [0.15, 0.2) is 79.1 Å². The minimum Gasteiger partial charge on any atom is -0.378 e. The van der Waals surface area contributed by atoms with Crippen LogP contribution in [-0.2, 0) is 17.8 Å². The van der Waals surface area contributed by atoms with Crippen molar-refractivity contribution in [3.05, 3.63) is 101 Å². The average molecular weight is 559 g/mol. The molecule has 2 N–H and O–H groups in total. The van der Waals surface area contributed by atoms with Gasteiger partial charge >= 0.3 is 6.03 Å². The van der Waals surface area contributed by atoms with Crippen molar-refractivity contribution in [2.75, 3.05) is 25.5 Å². The van der Waals surface area contributed by atoms with Crippen molar-refractivity contribution in [1.29, 1.82) is 0 Å². The zero-order valence-electron chi connectivity index (χ0n) is 23.4. The molecule has 42 heavy (non-hydrogen) atoms. The molecule has 1 saturated heterocycles. The minimum atomic E-state index is -0.127. The van der Waals surface area contributed by atoms with Gasteiger partial charge in [0.2, 0.25) is 0 Å². The first-order valence-corrected chi connectivity index (χ1v) is 14.0. The Morgan fingerprint density at radius 3 is 2.38 bits per heavy atom. The van der Waals surface area contributed by atoms with E-state index in [1.165, 1.54) is 11.1 Å². The Morgan fingerprint density at radius 2 is 1.67 bits per heavy atom. The van der Waals surface area contributed by atoms with E-state index in [1.54, 1.807) is 18.3 Å². The fourth-order valence-electron chi connectivity index (χ4n) is 5.74. The van der Waals surface area contributed by atoms with Crippen molar-refractivity contribution in [2.24, 2.45) is 0 Å². The number of hydrogen-bond donors (Lipinski definition) is 2. The second-order valence-electron chi connectivity index (χ2n) is 10.8. The van der Waals surface area contributed by atoms with E-state index in [1.807, 2.05) is 72.5 Å². The lowest BCUT2D eigenvalue weighted by molar-refractivity contribution is -0.0191. The Morgan fingerprint density at radius 1 is 0.929 bits per heavy atom. The predicted molar refractivity (Wildman–Crippen MR) is 161 cm³/mol. The number of urea groups is 1. The number of likely N-dealkylation sites (tertiary alicyclic amines) is 1. The number of carbonyl (C=O) groups excluding carboxylic acids is 2. The predicted octanol–water partition coefficient (Wildman–Crippen LogP) is 5.62. The SMILES string of the molecule is COC1CN(C(=O)c2ccc(-c3cc4c(-c5cccc(NC(=O)N6Cc7ccccc7C6)c5C)ncnc4[nH]3)cc2)C1. The molecule has 7 rings (SSSR count). The summed E-state index contributed by atoms with van der Waals surface area (Å²) in [7, 11) is 1.67. The van der Waals surface area contributed by atoms with Crippen LogP contribution in [0.1, 0.15) is 27.0 Å². The van der Waals surface area contributed by atoms with Crippen molar-refractivity contribution in [3.8, 4) is 22.5 Å². The maximum Gasteiger partial charge on any atom is 0.322 e. The first-order chi connectivity index (χ1) is 20.5. The van der Waals surface area contributed by atoms with Crippen molar-refractivity contribution in [1.82, 2.24) is 24.8 Å². The van der Waals surface area contributed by atoms with Crippen molar-refractivity contribution in [3.63, 3.8) is 0 Å². The number of fused-ring (bicyclic) bond motifs is 2. The lowest BCUT2D eigenvalue weighted by atomic mass is 10.0. The third-order valence-electron chi connectivity index (χ3n) is 8.30. The van der Waals surface area contributed by atoms with E-state index in [-0.39, 0.29) is 18.0 Å². The van der Waals surface area contributed by atoms with E-state index in [0.29, 0.717) is 37.4 Å². The molecule has 2 aliphatic rings. The first-order valence-electron chi connectivity index (χ1n) is 14.0. The van der Waals surface area contributed by atoms with Crippen molar-refractivity contribution >= 4 is 28.7 Å². The Bertz CT molecular complexity index is 1800. The molecule has 1 fully saturated rings.